The normalized spacial score (nSPS) is 17.1. The minimum atomic E-state index is -4.24. The van der Waals surface area contributed by atoms with Gasteiger partial charge in [-0.05, 0) is 29.7 Å². The zero-order valence-electron chi connectivity index (χ0n) is 10.9. The fourth-order valence-electron chi connectivity index (χ4n) is 2.30. The van der Waals surface area contributed by atoms with E-state index in [1.165, 1.54) is 18.2 Å². The van der Waals surface area contributed by atoms with Crippen LogP contribution in [0.2, 0.25) is 0 Å². The molecule has 2 nitrogen and oxygen atoms in total. The van der Waals surface area contributed by atoms with Crippen LogP contribution in [-0.4, -0.2) is 24.2 Å². The average Bonchev–Trinajstić information content (AvgIpc) is 2.37. The average molecular weight is 288 g/mol. The van der Waals surface area contributed by atoms with Gasteiger partial charge in [-0.3, -0.25) is 4.90 Å². The van der Waals surface area contributed by atoms with Crippen LogP contribution in [0.4, 0.5) is 17.6 Å². The summed E-state index contributed by atoms with van der Waals surface area (Å²) >= 11 is 0. The number of halogens is 4. The molecule has 0 saturated heterocycles. The summed E-state index contributed by atoms with van der Waals surface area (Å²) in [6.07, 6.45) is -3.06. The van der Waals surface area contributed by atoms with Gasteiger partial charge < -0.3 is 5.73 Å². The molecule has 0 amide bonds. The summed E-state index contributed by atoms with van der Waals surface area (Å²) in [6, 6.07) is 4.54. The summed E-state index contributed by atoms with van der Waals surface area (Å²) in [6.45, 7) is 1.21. The fraction of sp³-hybridized carbons (Fsp3) is 0.429. The van der Waals surface area contributed by atoms with Crippen molar-refractivity contribution >= 4 is 0 Å². The van der Waals surface area contributed by atoms with Crippen LogP contribution in [0.1, 0.15) is 17.5 Å². The summed E-state index contributed by atoms with van der Waals surface area (Å²) in [5.41, 5.74) is 6.41. The third-order valence-electron chi connectivity index (χ3n) is 3.32. The molecule has 0 bridgehead atoms. The zero-order chi connectivity index (χ0) is 14.8. The van der Waals surface area contributed by atoms with Crippen molar-refractivity contribution in [3.63, 3.8) is 0 Å². The maximum atomic E-state index is 13.4. The second-order valence-corrected chi connectivity index (χ2v) is 4.88. The first-order valence-electron chi connectivity index (χ1n) is 6.35. The zero-order valence-corrected chi connectivity index (χ0v) is 10.9. The van der Waals surface area contributed by atoms with E-state index in [4.69, 9.17) is 5.73 Å². The van der Waals surface area contributed by atoms with Gasteiger partial charge in [0.25, 0.3) is 0 Å². The van der Waals surface area contributed by atoms with Crippen molar-refractivity contribution in [2.24, 2.45) is 5.73 Å². The Hall–Kier alpha value is -1.40. The van der Waals surface area contributed by atoms with Crippen LogP contribution in [0.15, 0.2) is 29.8 Å². The van der Waals surface area contributed by atoms with Gasteiger partial charge in [-0.1, -0.05) is 12.1 Å². The van der Waals surface area contributed by atoms with Crippen LogP contribution in [-0.2, 0) is 13.1 Å². The topological polar surface area (TPSA) is 29.3 Å². The van der Waals surface area contributed by atoms with E-state index in [0.29, 0.717) is 18.7 Å². The van der Waals surface area contributed by atoms with Crippen LogP contribution in [0, 0.1) is 5.82 Å². The fourth-order valence-corrected chi connectivity index (χ4v) is 2.30. The van der Waals surface area contributed by atoms with Gasteiger partial charge in [0, 0.05) is 31.8 Å². The molecule has 1 heterocycles. The van der Waals surface area contributed by atoms with E-state index >= 15 is 0 Å². The van der Waals surface area contributed by atoms with Crippen molar-refractivity contribution in [1.29, 1.82) is 0 Å². The van der Waals surface area contributed by atoms with Crippen molar-refractivity contribution < 1.29 is 17.6 Å². The minimum absolute atomic E-state index is 0.0252. The number of benzene rings is 1. The second kappa shape index (κ2) is 5.93. The summed E-state index contributed by atoms with van der Waals surface area (Å²) < 4.78 is 50.8. The maximum Gasteiger partial charge on any atom is 0.412 e. The molecule has 0 atom stereocenters. The molecule has 1 aromatic carbocycles. The maximum absolute atomic E-state index is 13.4. The third kappa shape index (κ3) is 3.80. The number of hydrogen-bond donors (Lipinski definition) is 1. The Morgan fingerprint density at radius 2 is 1.85 bits per heavy atom. The SMILES string of the molecule is NCc1cc(F)cc(CN2CC=C(C(F)(F)F)CC2)c1. The van der Waals surface area contributed by atoms with Gasteiger partial charge in [-0.2, -0.15) is 13.2 Å². The molecule has 1 aliphatic heterocycles. The van der Waals surface area contributed by atoms with Gasteiger partial charge in [0.2, 0.25) is 0 Å². The Morgan fingerprint density at radius 1 is 1.15 bits per heavy atom. The largest absolute Gasteiger partial charge is 0.412 e. The monoisotopic (exact) mass is 288 g/mol. The Bertz CT molecular complexity index is 508. The molecule has 1 aliphatic rings. The lowest BCUT2D eigenvalue weighted by molar-refractivity contribution is -0.0960. The number of hydrogen-bond acceptors (Lipinski definition) is 2. The van der Waals surface area contributed by atoms with Crippen LogP contribution in [0.25, 0.3) is 0 Å². The predicted octanol–water partition coefficient (Wildman–Crippen LogP) is 2.98. The molecule has 110 valence electrons. The van der Waals surface area contributed by atoms with Crippen LogP contribution in [0.5, 0.6) is 0 Å². The number of nitrogens with two attached hydrogens (primary N) is 1. The van der Waals surface area contributed by atoms with Gasteiger partial charge >= 0.3 is 6.18 Å². The number of nitrogens with zero attached hydrogens (tertiary/aromatic N) is 1. The summed E-state index contributed by atoms with van der Waals surface area (Å²) in [4.78, 5) is 1.85. The smallest absolute Gasteiger partial charge is 0.326 e. The van der Waals surface area contributed by atoms with E-state index < -0.39 is 11.7 Å². The lowest BCUT2D eigenvalue weighted by Gasteiger charge is -2.27. The Balaban J connectivity index is 2.02. The first kappa shape index (κ1) is 15.0. The Labute approximate surface area is 114 Å². The standard InChI is InChI=1S/C14H16F4N2/c15-13-6-10(8-19)5-11(7-13)9-20-3-1-12(2-4-20)14(16,17)18/h1,5-7H,2-4,8-9,19H2. The molecule has 0 spiro atoms. The predicted molar refractivity (Wildman–Crippen MR) is 68.3 cm³/mol. The van der Waals surface area contributed by atoms with Gasteiger partial charge in [-0.25, -0.2) is 4.39 Å². The van der Waals surface area contributed by atoms with Gasteiger partial charge in [0.15, 0.2) is 0 Å². The minimum Gasteiger partial charge on any atom is -0.326 e. The quantitative estimate of drug-likeness (QED) is 0.684. The molecular formula is C14H16F4N2. The summed E-state index contributed by atoms with van der Waals surface area (Å²) in [7, 11) is 0. The first-order valence-corrected chi connectivity index (χ1v) is 6.35. The first-order chi connectivity index (χ1) is 9.38. The molecule has 6 heteroatoms. The van der Waals surface area contributed by atoms with E-state index in [1.54, 1.807) is 6.07 Å². The van der Waals surface area contributed by atoms with Gasteiger partial charge in [-0.15, -0.1) is 0 Å². The molecule has 20 heavy (non-hydrogen) atoms. The molecule has 2 rings (SSSR count). The van der Waals surface area contributed by atoms with Crippen LogP contribution < -0.4 is 5.73 Å². The Kier molecular flexibility index (Phi) is 4.45. The van der Waals surface area contributed by atoms with E-state index in [0.717, 1.165) is 5.56 Å². The van der Waals surface area contributed by atoms with E-state index in [9.17, 15) is 17.6 Å². The summed E-state index contributed by atoms with van der Waals surface area (Å²) in [5.74, 6) is -0.369. The molecule has 0 aromatic heterocycles. The molecule has 0 fully saturated rings. The molecule has 0 unspecified atom stereocenters. The molecular weight excluding hydrogens is 272 g/mol. The van der Waals surface area contributed by atoms with Gasteiger partial charge in [0.05, 0.1) is 0 Å². The van der Waals surface area contributed by atoms with Crippen LogP contribution >= 0.6 is 0 Å². The molecule has 0 aliphatic carbocycles. The highest BCUT2D eigenvalue weighted by Gasteiger charge is 2.34. The lowest BCUT2D eigenvalue weighted by atomic mass is 10.1. The third-order valence-corrected chi connectivity index (χ3v) is 3.32. The molecule has 0 radical (unpaired) electrons. The van der Waals surface area contributed by atoms with E-state index in [2.05, 4.69) is 0 Å². The second-order valence-electron chi connectivity index (χ2n) is 4.88. The van der Waals surface area contributed by atoms with Crippen molar-refractivity contribution in [2.45, 2.75) is 25.7 Å². The van der Waals surface area contributed by atoms with Crippen molar-refractivity contribution in [3.8, 4) is 0 Å². The van der Waals surface area contributed by atoms with E-state index in [1.807, 2.05) is 4.90 Å². The highest BCUT2D eigenvalue weighted by atomic mass is 19.4. The highest BCUT2D eigenvalue weighted by molar-refractivity contribution is 5.25. The number of alkyl halides is 3. The van der Waals surface area contributed by atoms with Crippen LogP contribution in [0.3, 0.4) is 0 Å². The highest BCUT2D eigenvalue weighted by Crippen LogP contribution is 2.30. The van der Waals surface area contributed by atoms with E-state index in [-0.39, 0.29) is 25.3 Å². The molecule has 1 aromatic rings. The Morgan fingerprint density at radius 3 is 2.40 bits per heavy atom. The lowest BCUT2D eigenvalue weighted by Crippen LogP contribution is -2.31. The summed E-state index contributed by atoms with van der Waals surface area (Å²) in [5, 5.41) is 0. The van der Waals surface area contributed by atoms with Crippen molar-refractivity contribution in [2.75, 3.05) is 13.1 Å². The number of rotatable bonds is 3. The van der Waals surface area contributed by atoms with Crippen molar-refractivity contribution in [1.82, 2.24) is 4.90 Å². The van der Waals surface area contributed by atoms with Crippen molar-refractivity contribution in [3.05, 3.63) is 46.8 Å². The molecule has 2 N–H and O–H groups in total. The molecule has 0 saturated carbocycles. The van der Waals surface area contributed by atoms with Gasteiger partial charge in [0.1, 0.15) is 5.82 Å².